The Hall–Kier alpha value is -2.10. The predicted molar refractivity (Wildman–Crippen MR) is 84.3 cm³/mol. The van der Waals surface area contributed by atoms with Gasteiger partial charge in [0, 0.05) is 24.2 Å². The number of carbonyl (C=O) groups excluding carboxylic acids is 1. The average molecular weight is 289 g/mol. The van der Waals surface area contributed by atoms with Gasteiger partial charge in [0.25, 0.3) is 5.91 Å². The summed E-state index contributed by atoms with van der Waals surface area (Å²) in [5, 5.41) is 8.71. The van der Waals surface area contributed by atoms with Crippen molar-refractivity contribution in [2.45, 2.75) is 39.7 Å². The minimum Gasteiger partial charge on any atom is -0.478 e. The number of aryl methyl sites for hydroxylation is 1. The molecule has 0 aliphatic rings. The van der Waals surface area contributed by atoms with Crippen LogP contribution in [0.1, 0.15) is 48.7 Å². The van der Waals surface area contributed by atoms with Crippen LogP contribution in [0, 0.1) is 6.92 Å². The van der Waals surface area contributed by atoms with Gasteiger partial charge in [-0.1, -0.05) is 13.0 Å². The van der Waals surface area contributed by atoms with Crippen LogP contribution >= 0.6 is 0 Å². The molecule has 0 radical (unpaired) electrons. The van der Waals surface area contributed by atoms with Crippen molar-refractivity contribution in [3.8, 4) is 0 Å². The molecule has 0 atom stereocenters. The molecule has 1 aromatic carbocycles. The standard InChI is InChI=1S/C17H23NO3/c1-6-17(3,4)18(5)16(21)14-8-7-12(2)13(11-14)9-10-15(19)20/h7-11H,6H2,1-5H3,(H,19,20)/b10-9+. The summed E-state index contributed by atoms with van der Waals surface area (Å²) in [6, 6.07) is 5.35. The number of hydrogen-bond donors (Lipinski definition) is 1. The van der Waals surface area contributed by atoms with E-state index in [4.69, 9.17) is 5.11 Å². The van der Waals surface area contributed by atoms with E-state index in [1.165, 1.54) is 6.08 Å². The van der Waals surface area contributed by atoms with E-state index < -0.39 is 5.97 Å². The summed E-state index contributed by atoms with van der Waals surface area (Å²) < 4.78 is 0. The van der Waals surface area contributed by atoms with E-state index in [9.17, 15) is 9.59 Å². The maximum absolute atomic E-state index is 12.5. The first-order valence-electron chi connectivity index (χ1n) is 6.99. The van der Waals surface area contributed by atoms with E-state index in [-0.39, 0.29) is 11.4 Å². The van der Waals surface area contributed by atoms with Gasteiger partial charge in [-0.2, -0.15) is 0 Å². The average Bonchev–Trinajstić information content (AvgIpc) is 2.44. The Morgan fingerprint density at radius 1 is 1.33 bits per heavy atom. The molecule has 0 aliphatic heterocycles. The van der Waals surface area contributed by atoms with Gasteiger partial charge >= 0.3 is 5.97 Å². The zero-order valence-electron chi connectivity index (χ0n) is 13.3. The molecule has 0 spiro atoms. The summed E-state index contributed by atoms with van der Waals surface area (Å²) in [5.41, 5.74) is 2.01. The van der Waals surface area contributed by atoms with E-state index in [2.05, 4.69) is 0 Å². The Kier molecular flexibility index (Phi) is 5.30. The lowest BCUT2D eigenvalue weighted by Crippen LogP contribution is -2.44. The number of amides is 1. The Bertz CT molecular complexity index is 573. The van der Waals surface area contributed by atoms with Crippen molar-refractivity contribution in [3.63, 3.8) is 0 Å². The van der Waals surface area contributed by atoms with Gasteiger partial charge in [0.1, 0.15) is 0 Å². The molecule has 0 aromatic heterocycles. The molecule has 1 amide bonds. The predicted octanol–water partition coefficient (Wildman–Crippen LogP) is 3.35. The number of carboxylic acid groups (broad SMARTS) is 1. The quantitative estimate of drug-likeness (QED) is 0.846. The van der Waals surface area contributed by atoms with Crippen molar-refractivity contribution in [2.75, 3.05) is 7.05 Å². The molecule has 0 heterocycles. The SMILES string of the molecule is CCC(C)(C)N(C)C(=O)c1ccc(C)c(/C=C/C(=O)O)c1. The Morgan fingerprint density at radius 2 is 1.95 bits per heavy atom. The lowest BCUT2D eigenvalue weighted by Gasteiger charge is -2.35. The van der Waals surface area contributed by atoms with Crippen LogP contribution in [0.4, 0.5) is 0 Å². The number of benzene rings is 1. The maximum Gasteiger partial charge on any atom is 0.328 e. The highest BCUT2D eigenvalue weighted by atomic mass is 16.4. The van der Waals surface area contributed by atoms with Gasteiger partial charge in [-0.3, -0.25) is 4.79 Å². The fourth-order valence-corrected chi connectivity index (χ4v) is 1.82. The van der Waals surface area contributed by atoms with Gasteiger partial charge in [0.15, 0.2) is 0 Å². The van der Waals surface area contributed by atoms with Crippen LogP contribution in [0.2, 0.25) is 0 Å². The molecule has 0 bridgehead atoms. The van der Waals surface area contributed by atoms with Crippen LogP contribution in [0.5, 0.6) is 0 Å². The molecule has 0 unspecified atom stereocenters. The Balaban J connectivity index is 3.12. The third-order valence-electron chi connectivity index (χ3n) is 4.01. The Labute approximate surface area is 126 Å². The van der Waals surface area contributed by atoms with Gasteiger partial charge in [-0.05, 0) is 56.5 Å². The largest absolute Gasteiger partial charge is 0.478 e. The summed E-state index contributed by atoms with van der Waals surface area (Å²) >= 11 is 0. The molecular weight excluding hydrogens is 266 g/mol. The molecule has 1 aromatic rings. The van der Waals surface area contributed by atoms with E-state index in [0.29, 0.717) is 5.56 Å². The smallest absolute Gasteiger partial charge is 0.328 e. The molecule has 0 saturated heterocycles. The van der Waals surface area contributed by atoms with Crippen LogP contribution < -0.4 is 0 Å². The Morgan fingerprint density at radius 3 is 2.48 bits per heavy atom. The molecule has 21 heavy (non-hydrogen) atoms. The minimum absolute atomic E-state index is 0.0631. The monoisotopic (exact) mass is 289 g/mol. The lowest BCUT2D eigenvalue weighted by atomic mass is 9.97. The highest BCUT2D eigenvalue weighted by Gasteiger charge is 2.26. The number of rotatable bonds is 5. The lowest BCUT2D eigenvalue weighted by molar-refractivity contribution is -0.131. The number of aliphatic carboxylic acids is 1. The molecule has 0 aliphatic carbocycles. The summed E-state index contributed by atoms with van der Waals surface area (Å²) in [6.07, 6.45) is 3.45. The third kappa shape index (κ3) is 4.18. The molecule has 4 nitrogen and oxygen atoms in total. The molecule has 4 heteroatoms. The van der Waals surface area contributed by atoms with Gasteiger partial charge in [0.05, 0.1) is 0 Å². The maximum atomic E-state index is 12.5. The highest BCUT2D eigenvalue weighted by Crippen LogP contribution is 2.21. The van der Waals surface area contributed by atoms with Gasteiger partial charge < -0.3 is 10.0 Å². The van der Waals surface area contributed by atoms with Crippen molar-refractivity contribution in [3.05, 3.63) is 41.0 Å². The van der Waals surface area contributed by atoms with Gasteiger partial charge in [-0.15, -0.1) is 0 Å². The van der Waals surface area contributed by atoms with Crippen molar-refractivity contribution in [1.29, 1.82) is 0 Å². The molecule has 0 fully saturated rings. The number of carbonyl (C=O) groups is 2. The first-order valence-corrected chi connectivity index (χ1v) is 6.99. The van der Waals surface area contributed by atoms with Crippen molar-refractivity contribution >= 4 is 18.0 Å². The number of hydrogen-bond acceptors (Lipinski definition) is 2. The fraction of sp³-hybridized carbons (Fsp3) is 0.412. The van der Waals surface area contributed by atoms with Crippen LogP contribution in [-0.4, -0.2) is 34.5 Å². The normalized spacial score (nSPS) is 11.7. The van der Waals surface area contributed by atoms with E-state index in [1.54, 1.807) is 24.1 Å². The fourth-order valence-electron chi connectivity index (χ4n) is 1.82. The summed E-state index contributed by atoms with van der Waals surface area (Å²) in [7, 11) is 1.79. The van der Waals surface area contributed by atoms with E-state index >= 15 is 0 Å². The molecule has 1 N–H and O–H groups in total. The summed E-state index contributed by atoms with van der Waals surface area (Å²) in [6.45, 7) is 7.96. The third-order valence-corrected chi connectivity index (χ3v) is 4.01. The van der Waals surface area contributed by atoms with Crippen LogP contribution in [-0.2, 0) is 4.79 Å². The van der Waals surface area contributed by atoms with Crippen molar-refractivity contribution in [1.82, 2.24) is 4.90 Å². The first-order chi connectivity index (χ1) is 9.69. The molecule has 1 rings (SSSR count). The van der Waals surface area contributed by atoms with Gasteiger partial charge in [-0.25, -0.2) is 4.79 Å². The molecular formula is C17H23NO3. The number of nitrogens with zero attached hydrogens (tertiary/aromatic N) is 1. The van der Waals surface area contributed by atoms with E-state index in [1.807, 2.05) is 33.8 Å². The minimum atomic E-state index is -1.00. The molecule has 114 valence electrons. The second kappa shape index (κ2) is 6.57. The van der Waals surface area contributed by atoms with E-state index in [0.717, 1.165) is 23.6 Å². The molecule has 0 saturated carbocycles. The van der Waals surface area contributed by atoms with Crippen LogP contribution in [0.3, 0.4) is 0 Å². The van der Waals surface area contributed by atoms with Crippen LogP contribution in [0.15, 0.2) is 24.3 Å². The second-order valence-electron chi connectivity index (χ2n) is 5.77. The second-order valence-corrected chi connectivity index (χ2v) is 5.77. The summed E-state index contributed by atoms with van der Waals surface area (Å²) in [4.78, 5) is 24.9. The zero-order chi connectivity index (χ0) is 16.2. The van der Waals surface area contributed by atoms with Crippen LogP contribution in [0.25, 0.3) is 6.08 Å². The number of carboxylic acids is 1. The topological polar surface area (TPSA) is 57.6 Å². The van der Waals surface area contributed by atoms with Gasteiger partial charge in [0.2, 0.25) is 0 Å². The highest BCUT2D eigenvalue weighted by molar-refractivity contribution is 5.95. The first kappa shape index (κ1) is 17.0. The van der Waals surface area contributed by atoms with Crippen molar-refractivity contribution in [2.24, 2.45) is 0 Å². The van der Waals surface area contributed by atoms with Crippen molar-refractivity contribution < 1.29 is 14.7 Å². The zero-order valence-corrected chi connectivity index (χ0v) is 13.3. The summed E-state index contributed by atoms with van der Waals surface area (Å²) in [5.74, 6) is -1.07.